The van der Waals surface area contributed by atoms with Crippen molar-refractivity contribution in [2.75, 3.05) is 26.1 Å². The highest BCUT2D eigenvalue weighted by Gasteiger charge is 2.36. The molecule has 0 fully saturated rings. The number of nitrogens with zero attached hydrogens (tertiary/aromatic N) is 2. The SMILES string of the molecule is CCOC(=O)C1=C(C)N=c2s/c(=C3\C(=O)Nc4ccc(Br)cc43)c(=O)n2[C@@H]1c1cc(OC)c(OC)cc1Br. The first-order chi connectivity index (χ1) is 18.2. The van der Waals surface area contributed by atoms with Gasteiger partial charge >= 0.3 is 5.97 Å². The average molecular weight is 663 g/mol. The van der Waals surface area contributed by atoms with Gasteiger partial charge in [0.25, 0.3) is 11.5 Å². The van der Waals surface area contributed by atoms with Crippen molar-refractivity contribution in [2.45, 2.75) is 19.9 Å². The normalized spacial score (nSPS) is 17.4. The predicted octanol–water partition coefficient (Wildman–Crippen LogP) is 3.66. The minimum absolute atomic E-state index is 0.149. The van der Waals surface area contributed by atoms with Gasteiger partial charge in [0.2, 0.25) is 0 Å². The number of halogens is 2. The number of hydrogen-bond donors (Lipinski definition) is 1. The number of methoxy groups -OCH3 is 2. The second kappa shape index (κ2) is 10.2. The molecule has 0 spiro atoms. The molecule has 1 amide bonds. The van der Waals surface area contributed by atoms with Gasteiger partial charge in [-0.2, -0.15) is 0 Å². The monoisotopic (exact) mass is 661 g/mol. The van der Waals surface area contributed by atoms with Gasteiger partial charge in [0.15, 0.2) is 16.3 Å². The summed E-state index contributed by atoms with van der Waals surface area (Å²) in [4.78, 5) is 45.3. The van der Waals surface area contributed by atoms with E-state index in [1.54, 1.807) is 38.1 Å². The van der Waals surface area contributed by atoms with Gasteiger partial charge in [-0.05, 0) is 49.7 Å². The first-order valence-corrected chi connectivity index (χ1v) is 13.8. The smallest absolute Gasteiger partial charge is 0.338 e. The second-order valence-electron chi connectivity index (χ2n) is 8.37. The van der Waals surface area contributed by atoms with E-state index in [0.717, 1.165) is 15.8 Å². The van der Waals surface area contributed by atoms with Crippen LogP contribution in [0.5, 0.6) is 11.5 Å². The van der Waals surface area contributed by atoms with E-state index in [-0.39, 0.29) is 28.2 Å². The Morgan fingerprint density at radius 3 is 2.53 bits per heavy atom. The third-order valence-corrected chi connectivity index (χ3v) is 8.48. The molecular weight excluding hydrogens is 642 g/mol. The average Bonchev–Trinajstić information content (AvgIpc) is 3.37. The Balaban J connectivity index is 1.85. The molecule has 0 bridgehead atoms. The number of thiazole rings is 1. The van der Waals surface area contributed by atoms with Crippen molar-refractivity contribution in [3.8, 4) is 11.5 Å². The van der Waals surface area contributed by atoms with Crippen LogP contribution in [0.2, 0.25) is 0 Å². The number of anilines is 1. The van der Waals surface area contributed by atoms with Gasteiger partial charge in [-0.15, -0.1) is 0 Å². The number of ether oxygens (including phenoxy) is 3. The van der Waals surface area contributed by atoms with Gasteiger partial charge in [0, 0.05) is 20.2 Å². The summed E-state index contributed by atoms with van der Waals surface area (Å²) in [6.07, 6.45) is 0. The molecule has 196 valence electrons. The molecule has 0 radical (unpaired) electrons. The third kappa shape index (κ3) is 4.20. The zero-order valence-electron chi connectivity index (χ0n) is 20.7. The van der Waals surface area contributed by atoms with Crippen LogP contribution in [-0.2, 0) is 14.3 Å². The van der Waals surface area contributed by atoms with Crippen LogP contribution in [0, 0.1) is 0 Å². The molecule has 12 heteroatoms. The van der Waals surface area contributed by atoms with Crippen LogP contribution >= 0.6 is 43.2 Å². The summed E-state index contributed by atoms with van der Waals surface area (Å²) in [6, 6.07) is 7.89. The third-order valence-electron chi connectivity index (χ3n) is 6.24. The van der Waals surface area contributed by atoms with Crippen molar-refractivity contribution in [1.82, 2.24) is 4.57 Å². The Morgan fingerprint density at radius 1 is 1.13 bits per heavy atom. The molecular formula is C26H21Br2N3O6S. The topological polar surface area (TPSA) is 108 Å². The summed E-state index contributed by atoms with van der Waals surface area (Å²) in [5, 5.41) is 2.82. The number of amides is 1. The number of nitrogens with one attached hydrogen (secondary N) is 1. The Bertz CT molecular complexity index is 1740. The van der Waals surface area contributed by atoms with Gasteiger partial charge in [-0.1, -0.05) is 43.2 Å². The first-order valence-electron chi connectivity index (χ1n) is 11.4. The summed E-state index contributed by atoms with van der Waals surface area (Å²) in [5.74, 6) is -0.0804. The molecule has 1 aromatic heterocycles. The molecule has 0 saturated carbocycles. The molecule has 3 aromatic rings. The number of allylic oxidation sites excluding steroid dienone is 1. The van der Waals surface area contributed by atoms with Crippen LogP contribution in [-0.4, -0.2) is 37.3 Å². The van der Waals surface area contributed by atoms with Crippen LogP contribution < -0.4 is 29.7 Å². The van der Waals surface area contributed by atoms with E-state index in [9.17, 15) is 14.4 Å². The van der Waals surface area contributed by atoms with Crippen LogP contribution in [0.4, 0.5) is 5.69 Å². The number of benzene rings is 2. The van der Waals surface area contributed by atoms with Crippen LogP contribution in [0.15, 0.2) is 60.3 Å². The number of carbonyl (C=O) groups is 2. The summed E-state index contributed by atoms with van der Waals surface area (Å²) >= 11 is 8.13. The number of aromatic nitrogens is 1. The van der Waals surface area contributed by atoms with Gasteiger partial charge in [-0.25, -0.2) is 9.79 Å². The fourth-order valence-electron chi connectivity index (χ4n) is 4.58. The fraction of sp³-hybridized carbons (Fsp3) is 0.231. The van der Waals surface area contributed by atoms with E-state index in [1.165, 1.54) is 18.8 Å². The lowest BCUT2D eigenvalue weighted by Gasteiger charge is -2.26. The number of rotatable bonds is 5. The summed E-state index contributed by atoms with van der Waals surface area (Å²) in [5.41, 5.74) is 2.22. The second-order valence-corrected chi connectivity index (χ2v) is 11.1. The lowest BCUT2D eigenvalue weighted by molar-refractivity contribution is -0.139. The fourth-order valence-corrected chi connectivity index (χ4v) is 6.62. The Labute approximate surface area is 237 Å². The van der Waals surface area contributed by atoms with Gasteiger partial charge in [0.1, 0.15) is 4.53 Å². The number of fused-ring (bicyclic) bond motifs is 2. The Hall–Kier alpha value is -3.22. The van der Waals surface area contributed by atoms with Crippen LogP contribution in [0.3, 0.4) is 0 Å². The van der Waals surface area contributed by atoms with Crippen molar-refractivity contribution >= 4 is 66.3 Å². The molecule has 1 atom stereocenters. The van der Waals surface area contributed by atoms with E-state index in [4.69, 9.17) is 14.2 Å². The van der Waals surface area contributed by atoms with Gasteiger partial charge < -0.3 is 19.5 Å². The zero-order chi connectivity index (χ0) is 27.3. The molecule has 2 aliphatic heterocycles. The van der Waals surface area contributed by atoms with E-state index < -0.39 is 17.6 Å². The molecule has 1 N–H and O–H groups in total. The minimum atomic E-state index is -0.903. The lowest BCUT2D eigenvalue weighted by Crippen LogP contribution is -2.40. The minimum Gasteiger partial charge on any atom is -0.493 e. The standard InChI is InChI=1S/C26H21Br2N3O6S/c1-5-37-25(34)19-11(2)29-26-31(21(19)13-9-17(35-3)18(36-4)10-15(13)28)24(33)22(38-26)20-14-8-12(27)6-7-16(14)30-23(20)32/h6-10,21H,5H2,1-4H3,(H,30,32)/b22-20-/t21-/m1/s1. The highest BCUT2D eigenvalue weighted by molar-refractivity contribution is 9.10. The first kappa shape index (κ1) is 26.4. The quantitative estimate of drug-likeness (QED) is 0.418. The summed E-state index contributed by atoms with van der Waals surface area (Å²) < 4.78 is 19.3. The maximum Gasteiger partial charge on any atom is 0.338 e. The Morgan fingerprint density at radius 2 is 1.84 bits per heavy atom. The van der Waals surface area contributed by atoms with E-state index >= 15 is 0 Å². The lowest BCUT2D eigenvalue weighted by atomic mass is 9.95. The van der Waals surface area contributed by atoms with E-state index in [1.807, 2.05) is 6.07 Å². The van der Waals surface area contributed by atoms with Gasteiger partial charge in [0.05, 0.1) is 43.7 Å². The summed E-state index contributed by atoms with van der Waals surface area (Å²) in [6.45, 7) is 3.55. The molecule has 38 heavy (non-hydrogen) atoms. The molecule has 3 heterocycles. The molecule has 0 aliphatic carbocycles. The molecule has 2 aliphatic rings. The molecule has 5 rings (SSSR count). The van der Waals surface area contributed by atoms with Gasteiger partial charge in [-0.3, -0.25) is 14.2 Å². The number of carbonyl (C=O) groups excluding carboxylic acids is 2. The van der Waals surface area contributed by atoms with Crippen molar-refractivity contribution in [3.63, 3.8) is 0 Å². The van der Waals surface area contributed by atoms with Crippen molar-refractivity contribution in [1.29, 1.82) is 0 Å². The van der Waals surface area contributed by atoms with E-state index in [0.29, 0.717) is 43.3 Å². The van der Waals surface area contributed by atoms with Crippen molar-refractivity contribution < 1.29 is 23.8 Å². The van der Waals surface area contributed by atoms with Crippen molar-refractivity contribution in [3.05, 3.63) is 81.4 Å². The molecule has 2 aromatic carbocycles. The largest absolute Gasteiger partial charge is 0.493 e. The van der Waals surface area contributed by atoms with Crippen LogP contribution in [0.25, 0.3) is 5.57 Å². The molecule has 0 saturated heterocycles. The Kier molecular flexibility index (Phi) is 7.05. The van der Waals surface area contributed by atoms with Crippen molar-refractivity contribution in [2.24, 2.45) is 4.99 Å². The molecule has 9 nitrogen and oxygen atoms in total. The maximum atomic E-state index is 14.1. The molecule has 0 unspecified atom stereocenters. The zero-order valence-corrected chi connectivity index (χ0v) is 24.7. The number of hydrogen-bond acceptors (Lipinski definition) is 8. The highest BCUT2D eigenvalue weighted by Crippen LogP contribution is 2.41. The van der Waals surface area contributed by atoms with E-state index in [2.05, 4.69) is 42.2 Å². The van der Waals surface area contributed by atoms with Crippen LogP contribution in [0.1, 0.15) is 31.0 Å². The summed E-state index contributed by atoms with van der Waals surface area (Å²) in [7, 11) is 3.02. The predicted molar refractivity (Wildman–Crippen MR) is 149 cm³/mol. The maximum absolute atomic E-state index is 14.1. The highest BCUT2D eigenvalue weighted by atomic mass is 79.9. The number of esters is 1.